The standard InChI is InChI=1S/C19H18F3N5O2S/c1-19(10-30(28,29)27(2)18(24)26-19)13-5-12(7-15(21)17(13)22)6-14(20)16-4-3-11(8-23)9-25-16/h3-7,9,28-29H,10H2,1-2H3,(H2,24,26)/b14-6-/t19-/m0/s1. The van der Waals surface area contributed by atoms with Gasteiger partial charge in [-0.2, -0.15) is 5.26 Å². The number of nitrogens with two attached hydrogens (primary N) is 1. The third-order valence-electron chi connectivity index (χ3n) is 4.66. The minimum Gasteiger partial charge on any atom is -0.369 e. The molecule has 1 aromatic heterocycles. The molecule has 0 radical (unpaired) electrons. The molecule has 158 valence electrons. The molecule has 0 aliphatic carbocycles. The van der Waals surface area contributed by atoms with E-state index in [1.54, 1.807) is 0 Å². The van der Waals surface area contributed by atoms with E-state index in [0.29, 0.717) is 0 Å². The summed E-state index contributed by atoms with van der Waals surface area (Å²) in [6.45, 7) is 1.38. The molecule has 30 heavy (non-hydrogen) atoms. The second kappa shape index (κ2) is 7.64. The molecule has 7 nitrogen and oxygen atoms in total. The fourth-order valence-electron chi connectivity index (χ4n) is 3.02. The van der Waals surface area contributed by atoms with Crippen molar-refractivity contribution in [3.8, 4) is 6.07 Å². The van der Waals surface area contributed by atoms with Crippen LogP contribution in [0.3, 0.4) is 0 Å². The number of guanidine groups is 1. The molecular weight excluding hydrogens is 419 g/mol. The van der Waals surface area contributed by atoms with Gasteiger partial charge in [0.25, 0.3) is 0 Å². The molecule has 1 aliphatic rings. The second-order valence-electron chi connectivity index (χ2n) is 6.92. The smallest absolute Gasteiger partial charge is 0.210 e. The number of rotatable bonds is 3. The van der Waals surface area contributed by atoms with Gasteiger partial charge in [-0.1, -0.05) is 0 Å². The molecular formula is C19H18F3N5O2S. The summed E-state index contributed by atoms with van der Waals surface area (Å²) in [5.41, 5.74) is 3.96. The van der Waals surface area contributed by atoms with Crippen LogP contribution in [0.2, 0.25) is 0 Å². The van der Waals surface area contributed by atoms with Crippen molar-refractivity contribution >= 4 is 28.6 Å². The maximum atomic E-state index is 14.6. The van der Waals surface area contributed by atoms with Gasteiger partial charge in [0.05, 0.1) is 17.0 Å². The van der Waals surface area contributed by atoms with Gasteiger partial charge in [0, 0.05) is 18.8 Å². The van der Waals surface area contributed by atoms with Gasteiger partial charge in [0.1, 0.15) is 17.4 Å². The summed E-state index contributed by atoms with van der Waals surface area (Å²) in [5, 5.41) is 8.78. The quantitative estimate of drug-likeness (QED) is 0.671. The summed E-state index contributed by atoms with van der Waals surface area (Å²) in [5.74, 6) is -4.03. The summed E-state index contributed by atoms with van der Waals surface area (Å²) in [6, 6.07) is 6.47. The largest absolute Gasteiger partial charge is 0.369 e. The molecule has 11 heteroatoms. The van der Waals surface area contributed by atoms with Gasteiger partial charge in [-0.3, -0.25) is 14.1 Å². The Labute approximate surface area is 172 Å². The lowest BCUT2D eigenvalue weighted by molar-refractivity contribution is 0.386. The summed E-state index contributed by atoms with van der Waals surface area (Å²) < 4.78 is 65.0. The van der Waals surface area contributed by atoms with Crippen LogP contribution in [0.15, 0.2) is 35.5 Å². The maximum absolute atomic E-state index is 14.6. The van der Waals surface area contributed by atoms with E-state index in [-0.39, 0.29) is 28.3 Å². The minimum absolute atomic E-state index is 0.0297. The molecule has 1 aliphatic heterocycles. The maximum Gasteiger partial charge on any atom is 0.210 e. The number of hydrogen-bond acceptors (Lipinski definition) is 7. The van der Waals surface area contributed by atoms with E-state index in [4.69, 9.17) is 11.0 Å². The topological polar surface area (TPSA) is 119 Å². The highest BCUT2D eigenvalue weighted by Gasteiger charge is 2.42. The number of benzene rings is 1. The van der Waals surface area contributed by atoms with Gasteiger partial charge in [-0.15, -0.1) is 10.8 Å². The number of pyridine rings is 1. The van der Waals surface area contributed by atoms with E-state index < -0.39 is 39.5 Å². The summed E-state index contributed by atoms with van der Waals surface area (Å²) >= 11 is 0. The Morgan fingerprint density at radius 2 is 2.07 bits per heavy atom. The Morgan fingerprint density at radius 1 is 1.37 bits per heavy atom. The van der Waals surface area contributed by atoms with Crippen molar-refractivity contribution < 1.29 is 22.3 Å². The molecule has 0 bridgehead atoms. The van der Waals surface area contributed by atoms with Crippen molar-refractivity contribution in [2.24, 2.45) is 10.7 Å². The second-order valence-corrected chi connectivity index (χ2v) is 9.02. The van der Waals surface area contributed by atoms with Crippen LogP contribution in [0, 0.1) is 23.0 Å². The van der Waals surface area contributed by atoms with E-state index in [9.17, 15) is 22.3 Å². The molecule has 4 N–H and O–H groups in total. The Balaban J connectivity index is 2.07. The summed E-state index contributed by atoms with van der Waals surface area (Å²) in [6.07, 6.45) is 2.13. The van der Waals surface area contributed by atoms with Gasteiger partial charge < -0.3 is 5.73 Å². The number of aromatic nitrogens is 1. The number of nitriles is 1. The molecule has 0 fully saturated rings. The highest BCUT2D eigenvalue weighted by atomic mass is 32.3. The van der Waals surface area contributed by atoms with Crippen LogP contribution in [0.25, 0.3) is 11.9 Å². The van der Waals surface area contributed by atoms with Crippen molar-refractivity contribution in [3.05, 3.63) is 64.5 Å². The average molecular weight is 437 g/mol. The van der Waals surface area contributed by atoms with Crippen molar-refractivity contribution in [1.29, 1.82) is 5.26 Å². The van der Waals surface area contributed by atoms with E-state index in [2.05, 4.69) is 9.98 Å². The molecule has 0 unspecified atom stereocenters. The first-order valence-corrected chi connectivity index (χ1v) is 10.2. The lowest BCUT2D eigenvalue weighted by Gasteiger charge is -2.49. The Kier molecular flexibility index (Phi) is 5.51. The lowest BCUT2D eigenvalue weighted by Crippen LogP contribution is -2.48. The predicted octanol–water partition coefficient (Wildman–Crippen LogP) is 3.84. The first kappa shape index (κ1) is 21.6. The number of hydrogen-bond donors (Lipinski definition) is 3. The van der Waals surface area contributed by atoms with Crippen LogP contribution in [-0.2, 0) is 5.54 Å². The zero-order valence-corrected chi connectivity index (χ0v) is 16.8. The first-order valence-electron chi connectivity index (χ1n) is 8.55. The highest BCUT2D eigenvalue weighted by Crippen LogP contribution is 2.51. The SMILES string of the molecule is CN1C(N)=N[C@](C)(c2cc(/C=C(\F)c3ccc(C#N)cn3)cc(F)c2F)CS1(O)O. The van der Waals surface area contributed by atoms with Crippen molar-refractivity contribution in [2.45, 2.75) is 12.5 Å². The highest BCUT2D eigenvalue weighted by molar-refractivity contribution is 8.22. The normalized spacial score (nSPS) is 22.3. The third-order valence-corrected chi connectivity index (χ3v) is 6.67. The van der Waals surface area contributed by atoms with Crippen LogP contribution in [-0.4, -0.2) is 37.2 Å². The van der Waals surface area contributed by atoms with E-state index >= 15 is 0 Å². The number of halogens is 3. The van der Waals surface area contributed by atoms with Crippen LogP contribution in [0.4, 0.5) is 13.2 Å². The third kappa shape index (κ3) is 3.97. The minimum atomic E-state index is -3.42. The van der Waals surface area contributed by atoms with Crippen molar-refractivity contribution in [3.63, 3.8) is 0 Å². The first-order chi connectivity index (χ1) is 14.0. The van der Waals surface area contributed by atoms with Crippen LogP contribution >= 0.6 is 10.8 Å². The molecule has 3 rings (SSSR count). The molecule has 0 amide bonds. The van der Waals surface area contributed by atoms with Crippen molar-refractivity contribution in [1.82, 2.24) is 9.29 Å². The van der Waals surface area contributed by atoms with E-state index in [1.165, 1.54) is 38.4 Å². The van der Waals surface area contributed by atoms with Crippen LogP contribution in [0.1, 0.15) is 29.3 Å². The van der Waals surface area contributed by atoms with Gasteiger partial charge in [-0.25, -0.2) is 22.5 Å². The monoisotopic (exact) mass is 437 g/mol. The lowest BCUT2D eigenvalue weighted by atomic mass is 9.92. The number of nitrogens with zero attached hydrogens (tertiary/aromatic N) is 4. The molecule has 0 spiro atoms. The Morgan fingerprint density at radius 3 is 2.63 bits per heavy atom. The number of aliphatic imine (C=N–C) groups is 1. The Hall–Kier alpha value is -3.07. The van der Waals surface area contributed by atoms with Gasteiger partial charge >= 0.3 is 0 Å². The molecule has 0 saturated carbocycles. The summed E-state index contributed by atoms with van der Waals surface area (Å²) in [7, 11) is -2.10. The zero-order valence-electron chi connectivity index (χ0n) is 16.0. The molecule has 2 heterocycles. The van der Waals surface area contributed by atoms with Crippen LogP contribution in [0.5, 0.6) is 0 Å². The van der Waals surface area contributed by atoms with E-state index in [0.717, 1.165) is 16.4 Å². The molecule has 1 atom stereocenters. The zero-order chi connectivity index (χ0) is 22.3. The van der Waals surface area contributed by atoms with Gasteiger partial charge in [0.15, 0.2) is 11.6 Å². The van der Waals surface area contributed by atoms with Gasteiger partial charge in [0.2, 0.25) is 5.96 Å². The molecule has 1 aromatic carbocycles. The summed E-state index contributed by atoms with van der Waals surface area (Å²) in [4.78, 5) is 7.93. The fraction of sp³-hybridized carbons (Fsp3) is 0.211. The average Bonchev–Trinajstić information content (AvgIpc) is 2.68. The van der Waals surface area contributed by atoms with E-state index in [1.807, 2.05) is 6.07 Å². The van der Waals surface area contributed by atoms with Crippen LogP contribution < -0.4 is 5.73 Å². The van der Waals surface area contributed by atoms with Gasteiger partial charge in [-0.05, 0) is 42.8 Å². The van der Waals surface area contributed by atoms with Crippen molar-refractivity contribution in [2.75, 3.05) is 12.8 Å². The molecule has 0 saturated heterocycles. The predicted molar refractivity (Wildman–Crippen MR) is 109 cm³/mol. The fourth-order valence-corrected chi connectivity index (χ4v) is 4.53. The Bertz CT molecular complexity index is 1100. The molecule has 2 aromatic rings.